The van der Waals surface area contributed by atoms with Gasteiger partial charge < -0.3 is 9.84 Å². The van der Waals surface area contributed by atoms with Crippen LogP contribution < -0.4 is 0 Å². The van der Waals surface area contributed by atoms with Crippen molar-refractivity contribution in [3.8, 4) is 0 Å². The summed E-state index contributed by atoms with van der Waals surface area (Å²) in [6.07, 6.45) is -0.00306. The van der Waals surface area contributed by atoms with Crippen molar-refractivity contribution in [3.63, 3.8) is 0 Å². The van der Waals surface area contributed by atoms with Crippen molar-refractivity contribution in [2.24, 2.45) is 7.05 Å². The average molecular weight is 171 g/mol. The van der Waals surface area contributed by atoms with Gasteiger partial charge in [0, 0.05) is 7.05 Å². The van der Waals surface area contributed by atoms with E-state index in [-0.39, 0.29) is 0 Å². The van der Waals surface area contributed by atoms with Crippen LogP contribution in [-0.4, -0.2) is 33.2 Å². The van der Waals surface area contributed by atoms with Gasteiger partial charge in [-0.1, -0.05) is 5.21 Å². The summed E-state index contributed by atoms with van der Waals surface area (Å²) in [6, 6.07) is 0. The van der Waals surface area contributed by atoms with Gasteiger partial charge in [0.25, 0.3) is 0 Å². The zero-order valence-corrected chi connectivity index (χ0v) is 6.76. The lowest BCUT2D eigenvalue weighted by Crippen LogP contribution is -2.16. The highest BCUT2D eigenvalue weighted by Crippen LogP contribution is 2.10. The molecule has 0 aliphatic carbocycles. The number of aromatic nitrogens is 3. The quantitative estimate of drug-likeness (QED) is 0.579. The summed E-state index contributed by atoms with van der Waals surface area (Å²) in [5, 5.41) is 16.3. The molecule has 0 amide bonds. The number of aliphatic hydroxyl groups excluding tert-OH is 1. The monoisotopic (exact) mass is 171 g/mol. The summed E-state index contributed by atoms with van der Waals surface area (Å²) in [5.74, 6) is -0.722. The third-order valence-corrected chi connectivity index (χ3v) is 1.45. The zero-order valence-electron chi connectivity index (χ0n) is 6.76. The number of carbonyl (C=O) groups is 1. The molecule has 0 radical (unpaired) electrons. The molecule has 0 spiro atoms. The molecule has 0 saturated heterocycles. The maximum atomic E-state index is 10.8. The van der Waals surface area contributed by atoms with Gasteiger partial charge in [0.1, 0.15) is 0 Å². The first-order chi connectivity index (χ1) is 5.66. The second kappa shape index (κ2) is 3.31. The van der Waals surface area contributed by atoms with Crippen molar-refractivity contribution in [2.45, 2.75) is 6.10 Å². The van der Waals surface area contributed by atoms with E-state index in [1.165, 1.54) is 18.0 Å². The van der Waals surface area contributed by atoms with Crippen LogP contribution in [0.5, 0.6) is 0 Å². The van der Waals surface area contributed by atoms with Gasteiger partial charge in [0.05, 0.1) is 19.0 Å². The first-order valence-corrected chi connectivity index (χ1v) is 3.27. The van der Waals surface area contributed by atoms with Crippen LogP contribution in [0.3, 0.4) is 0 Å². The molecule has 0 bridgehead atoms. The normalized spacial score (nSPS) is 12.6. The third-order valence-electron chi connectivity index (χ3n) is 1.45. The van der Waals surface area contributed by atoms with Crippen molar-refractivity contribution < 1.29 is 14.6 Å². The van der Waals surface area contributed by atoms with E-state index >= 15 is 0 Å². The molecule has 1 aromatic heterocycles. The second-order valence-electron chi connectivity index (χ2n) is 2.21. The molecule has 0 saturated carbocycles. The number of aryl methyl sites for hydroxylation is 1. The van der Waals surface area contributed by atoms with Crippen LogP contribution in [0, 0.1) is 0 Å². The van der Waals surface area contributed by atoms with Gasteiger partial charge in [-0.05, 0) is 0 Å². The molecule has 6 heteroatoms. The highest BCUT2D eigenvalue weighted by Gasteiger charge is 2.21. The molecule has 66 valence electrons. The molecule has 1 N–H and O–H groups in total. The maximum Gasteiger partial charge on any atom is 0.341 e. The van der Waals surface area contributed by atoms with Gasteiger partial charge in [-0.3, -0.25) is 0 Å². The summed E-state index contributed by atoms with van der Waals surface area (Å²) < 4.78 is 5.64. The molecule has 0 aliphatic rings. The number of hydrogen-bond donors (Lipinski definition) is 1. The van der Waals surface area contributed by atoms with E-state index in [4.69, 9.17) is 0 Å². The molecule has 1 atom stereocenters. The summed E-state index contributed by atoms with van der Waals surface area (Å²) in [4.78, 5) is 10.8. The van der Waals surface area contributed by atoms with Gasteiger partial charge in [0.2, 0.25) is 0 Å². The van der Waals surface area contributed by atoms with Gasteiger partial charge in [-0.25, -0.2) is 9.48 Å². The first-order valence-electron chi connectivity index (χ1n) is 3.27. The number of esters is 1. The number of hydrogen-bond acceptors (Lipinski definition) is 5. The molecule has 1 rings (SSSR count). The molecule has 1 heterocycles. The van der Waals surface area contributed by atoms with Gasteiger partial charge in [-0.2, -0.15) is 0 Å². The highest BCUT2D eigenvalue weighted by molar-refractivity contribution is 5.75. The third kappa shape index (κ3) is 1.42. The summed E-state index contributed by atoms with van der Waals surface area (Å²) in [6.45, 7) is 0. The Morgan fingerprint density at radius 2 is 2.50 bits per heavy atom. The minimum absolute atomic E-state index is 0.307. The summed E-state index contributed by atoms with van der Waals surface area (Å²) >= 11 is 0. The highest BCUT2D eigenvalue weighted by atomic mass is 16.5. The Kier molecular flexibility index (Phi) is 2.39. The second-order valence-corrected chi connectivity index (χ2v) is 2.21. The van der Waals surface area contributed by atoms with Gasteiger partial charge in [0.15, 0.2) is 6.10 Å². The van der Waals surface area contributed by atoms with Crippen LogP contribution in [0.15, 0.2) is 6.20 Å². The van der Waals surface area contributed by atoms with Crippen molar-refractivity contribution >= 4 is 5.97 Å². The molecule has 6 nitrogen and oxygen atoms in total. The number of rotatable bonds is 2. The molecule has 0 aromatic carbocycles. The topological polar surface area (TPSA) is 77.2 Å². The zero-order chi connectivity index (χ0) is 9.14. The largest absolute Gasteiger partial charge is 0.467 e. The number of ether oxygens (including phenoxy) is 1. The number of nitrogens with zero attached hydrogens (tertiary/aromatic N) is 3. The fourth-order valence-corrected chi connectivity index (χ4v) is 0.778. The van der Waals surface area contributed by atoms with Crippen molar-refractivity contribution in [1.29, 1.82) is 0 Å². The minimum atomic E-state index is -1.31. The predicted octanol–water partition coefficient (Wildman–Crippen LogP) is -0.979. The molecular weight excluding hydrogens is 162 g/mol. The summed E-state index contributed by atoms with van der Waals surface area (Å²) in [7, 11) is 2.78. The van der Waals surface area contributed by atoms with E-state index in [0.29, 0.717) is 5.69 Å². The molecule has 0 aliphatic heterocycles. The van der Waals surface area contributed by atoms with E-state index in [1.807, 2.05) is 0 Å². The van der Waals surface area contributed by atoms with E-state index in [0.717, 1.165) is 0 Å². The Hall–Kier alpha value is -1.43. The molecule has 1 unspecified atom stereocenters. The molecule has 12 heavy (non-hydrogen) atoms. The van der Waals surface area contributed by atoms with Crippen LogP contribution in [0.2, 0.25) is 0 Å². The molecular formula is C6H9N3O3. The Balaban J connectivity index is 2.84. The molecule has 0 fully saturated rings. The number of methoxy groups -OCH3 is 1. The predicted molar refractivity (Wildman–Crippen MR) is 38.0 cm³/mol. The van der Waals surface area contributed by atoms with Crippen LogP contribution in [0.4, 0.5) is 0 Å². The maximum absolute atomic E-state index is 10.8. The number of aliphatic hydroxyl groups is 1. The van der Waals surface area contributed by atoms with Crippen molar-refractivity contribution in [1.82, 2.24) is 15.0 Å². The van der Waals surface area contributed by atoms with Gasteiger partial charge >= 0.3 is 5.97 Å². The Morgan fingerprint density at radius 3 is 2.92 bits per heavy atom. The van der Waals surface area contributed by atoms with Crippen LogP contribution in [-0.2, 0) is 16.6 Å². The summed E-state index contributed by atoms with van der Waals surface area (Å²) in [5.41, 5.74) is 0.307. The Morgan fingerprint density at radius 1 is 1.83 bits per heavy atom. The van der Waals surface area contributed by atoms with E-state index < -0.39 is 12.1 Å². The van der Waals surface area contributed by atoms with Crippen molar-refractivity contribution in [3.05, 3.63) is 11.9 Å². The lowest BCUT2D eigenvalue weighted by molar-refractivity contribution is -0.151. The van der Waals surface area contributed by atoms with Crippen LogP contribution >= 0.6 is 0 Å². The standard InChI is InChI=1S/C6H9N3O3/c1-9-4(3-7-8-9)5(10)6(11)12-2/h3,5,10H,1-2H3. The molecule has 1 aromatic rings. The van der Waals surface area contributed by atoms with Gasteiger partial charge in [-0.15, -0.1) is 5.10 Å². The lowest BCUT2D eigenvalue weighted by Gasteiger charge is -2.06. The average Bonchev–Trinajstić information content (AvgIpc) is 2.48. The Labute approximate surface area is 68.8 Å². The van der Waals surface area contributed by atoms with E-state index in [1.54, 1.807) is 7.05 Å². The fraction of sp³-hybridized carbons (Fsp3) is 0.500. The smallest absolute Gasteiger partial charge is 0.341 e. The van der Waals surface area contributed by atoms with Crippen LogP contribution in [0.1, 0.15) is 11.8 Å². The SMILES string of the molecule is COC(=O)C(O)c1cnnn1C. The van der Waals surface area contributed by atoms with Crippen molar-refractivity contribution in [2.75, 3.05) is 7.11 Å². The number of carbonyl (C=O) groups excluding carboxylic acids is 1. The lowest BCUT2D eigenvalue weighted by atomic mass is 10.3. The van der Waals surface area contributed by atoms with E-state index in [9.17, 15) is 9.90 Å². The first kappa shape index (κ1) is 8.66. The van der Waals surface area contributed by atoms with E-state index in [2.05, 4.69) is 15.0 Å². The fourth-order valence-electron chi connectivity index (χ4n) is 0.778. The Bertz CT molecular complexity index is 283. The minimum Gasteiger partial charge on any atom is -0.467 e. The van der Waals surface area contributed by atoms with Crippen LogP contribution in [0.25, 0.3) is 0 Å².